The number of rotatable bonds is 9. The molecule has 2 aliphatic carbocycles. The summed E-state index contributed by atoms with van der Waals surface area (Å²) in [6, 6.07) is 14.2. The van der Waals surface area contributed by atoms with E-state index < -0.39 is 17.0 Å². The minimum Gasteiger partial charge on any atom is -0.387 e. The maximum atomic E-state index is 14.4. The summed E-state index contributed by atoms with van der Waals surface area (Å²) in [6.45, 7) is 5.72. The molecular weight excluding hydrogens is 545 g/mol. The summed E-state index contributed by atoms with van der Waals surface area (Å²) in [5.41, 5.74) is 2.29. The maximum Gasteiger partial charge on any atom is 0.259 e. The number of hydrogen-bond acceptors (Lipinski definition) is 6. The summed E-state index contributed by atoms with van der Waals surface area (Å²) >= 11 is 0. The summed E-state index contributed by atoms with van der Waals surface area (Å²) in [7, 11) is 0. The molecule has 0 atom stereocenters. The van der Waals surface area contributed by atoms with Gasteiger partial charge in [0.15, 0.2) is 0 Å². The lowest BCUT2D eigenvalue weighted by atomic mass is 9.91. The van der Waals surface area contributed by atoms with E-state index in [9.17, 15) is 19.6 Å². The Morgan fingerprint density at radius 2 is 1.91 bits per heavy atom. The van der Waals surface area contributed by atoms with Crippen LogP contribution in [0.25, 0.3) is 16.9 Å². The monoisotopic (exact) mass is 583 g/mol. The molecule has 0 unspecified atom stereocenters. The fraction of sp³-hybridized carbons (Fsp3) is 0.471. The van der Waals surface area contributed by atoms with Gasteiger partial charge in [-0.3, -0.25) is 9.36 Å². The summed E-state index contributed by atoms with van der Waals surface area (Å²) in [5, 5.41) is 24.7. The SMILES string of the molecule is CCCc1c(Cc2cccc(-c3cccc(F)c3C#N)c2)c(=O)n(C2CCC(OC3(C(C)(C)O)CC3)CC2)c2ncnn12. The van der Waals surface area contributed by atoms with Gasteiger partial charge in [0, 0.05) is 23.6 Å². The van der Waals surface area contributed by atoms with E-state index in [2.05, 4.69) is 17.0 Å². The van der Waals surface area contributed by atoms with Crippen LogP contribution < -0.4 is 5.56 Å². The molecule has 9 heteroatoms. The molecule has 0 amide bonds. The number of fused-ring (bicyclic) bond motifs is 1. The fourth-order valence-corrected chi connectivity index (χ4v) is 6.74. The van der Waals surface area contributed by atoms with Crippen molar-refractivity contribution in [2.75, 3.05) is 0 Å². The molecule has 224 valence electrons. The molecule has 2 heterocycles. The first-order valence-electron chi connectivity index (χ1n) is 15.3. The van der Waals surface area contributed by atoms with Crippen LogP contribution in [0, 0.1) is 17.1 Å². The van der Waals surface area contributed by atoms with Crippen molar-refractivity contribution in [3.8, 4) is 17.2 Å². The van der Waals surface area contributed by atoms with E-state index in [1.54, 1.807) is 12.1 Å². The fourth-order valence-electron chi connectivity index (χ4n) is 6.74. The van der Waals surface area contributed by atoms with Crippen LogP contribution in [0.3, 0.4) is 0 Å². The number of aryl methyl sites for hydroxylation is 1. The van der Waals surface area contributed by atoms with E-state index in [1.807, 2.05) is 53.3 Å². The van der Waals surface area contributed by atoms with Crippen molar-refractivity contribution in [3.05, 3.63) is 87.3 Å². The number of hydrogen-bond donors (Lipinski definition) is 1. The van der Waals surface area contributed by atoms with E-state index in [0.717, 1.165) is 61.8 Å². The van der Waals surface area contributed by atoms with Crippen molar-refractivity contribution in [2.24, 2.45) is 0 Å². The largest absolute Gasteiger partial charge is 0.387 e. The van der Waals surface area contributed by atoms with Crippen molar-refractivity contribution in [1.29, 1.82) is 5.26 Å². The van der Waals surface area contributed by atoms with Gasteiger partial charge in [-0.25, -0.2) is 8.91 Å². The molecule has 43 heavy (non-hydrogen) atoms. The number of benzene rings is 2. The van der Waals surface area contributed by atoms with Gasteiger partial charge >= 0.3 is 0 Å². The molecule has 2 saturated carbocycles. The lowest BCUT2D eigenvalue weighted by molar-refractivity contribution is -0.145. The Hall–Kier alpha value is -3.87. The standard InChI is InChI=1S/C34H38FN5O3/c1-4-7-30-27(19-22-8-5-9-23(18-22)26-10-6-11-29(35)28(26)20-36)31(41)39(32-37-21-38-40(30)32)24-12-14-25(15-13-24)43-34(16-17-34)33(2,3)42/h5-6,8-11,18,21,24-25,42H,4,7,12-17,19H2,1-3H3. The van der Waals surface area contributed by atoms with E-state index in [-0.39, 0.29) is 23.3 Å². The summed E-state index contributed by atoms with van der Waals surface area (Å²) < 4.78 is 24.5. The molecule has 6 rings (SSSR count). The first-order chi connectivity index (χ1) is 20.7. The molecule has 2 aromatic heterocycles. The zero-order chi connectivity index (χ0) is 30.4. The van der Waals surface area contributed by atoms with E-state index in [1.165, 1.54) is 12.4 Å². The summed E-state index contributed by atoms with van der Waals surface area (Å²) in [4.78, 5) is 18.9. The third kappa shape index (κ3) is 5.39. The molecule has 2 aliphatic rings. The quantitative estimate of drug-likeness (QED) is 0.262. The zero-order valence-electron chi connectivity index (χ0n) is 25.0. The average molecular weight is 584 g/mol. The van der Waals surface area contributed by atoms with Gasteiger partial charge in [0.25, 0.3) is 5.56 Å². The van der Waals surface area contributed by atoms with Gasteiger partial charge < -0.3 is 9.84 Å². The van der Waals surface area contributed by atoms with Gasteiger partial charge in [0.2, 0.25) is 5.78 Å². The Kier molecular flexibility index (Phi) is 7.69. The van der Waals surface area contributed by atoms with Crippen LogP contribution in [0.2, 0.25) is 0 Å². The number of nitriles is 1. The number of halogens is 1. The Labute approximate surface area is 250 Å². The Balaban J connectivity index is 1.33. The molecule has 0 spiro atoms. The normalized spacial score (nSPS) is 19.8. The Bertz CT molecular complexity index is 1750. The average Bonchev–Trinajstić information content (AvgIpc) is 3.63. The van der Waals surface area contributed by atoms with Gasteiger partial charge in [-0.1, -0.05) is 49.7 Å². The topological polar surface area (TPSA) is 105 Å². The lowest BCUT2D eigenvalue weighted by Gasteiger charge is -2.37. The first-order valence-corrected chi connectivity index (χ1v) is 15.3. The highest BCUT2D eigenvalue weighted by Gasteiger charge is 2.56. The molecule has 1 N–H and O–H groups in total. The molecule has 0 aliphatic heterocycles. The van der Waals surface area contributed by atoms with E-state index in [4.69, 9.17) is 4.74 Å². The number of aliphatic hydroxyl groups is 1. The van der Waals surface area contributed by atoms with Crippen LogP contribution in [-0.4, -0.2) is 41.6 Å². The second-order valence-corrected chi connectivity index (χ2v) is 12.6. The maximum absolute atomic E-state index is 14.4. The summed E-state index contributed by atoms with van der Waals surface area (Å²) in [6.07, 6.45) is 8.35. The highest BCUT2D eigenvalue weighted by Crippen LogP contribution is 2.50. The number of aromatic nitrogens is 4. The van der Waals surface area contributed by atoms with Gasteiger partial charge in [-0.05, 0) is 76.0 Å². The number of ether oxygens (including phenoxy) is 1. The second-order valence-electron chi connectivity index (χ2n) is 12.6. The van der Waals surface area contributed by atoms with Gasteiger partial charge in [0.05, 0.1) is 28.6 Å². The predicted octanol–water partition coefficient (Wildman–Crippen LogP) is 5.92. The van der Waals surface area contributed by atoms with E-state index in [0.29, 0.717) is 29.7 Å². The molecule has 0 saturated heterocycles. The van der Waals surface area contributed by atoms with Crippen molar-refractivity contribution < 1.29 is 14.2 Å². The smallest absolute Gasteiger partial charge is 0.259 e. The second kappa shape index (κ2) is 11.3. The third-order valence-corrected chi connectivity index (χ3v) is 9.28. The predicted molar refractivity (Wildman–Crippen MR) is 161 cm³/mol. The van der Waals surface area contributed by atoms with Crippen molar-refractivity contribution in [2.45, 2.75) is 102 Å². The zero-order valence-corrected chi connectivity index (χ0v) is 25.0. The molecule has 0 radical (unpaired) electrons. The highest BCUT2D eigenvalue weighted by molar-refractivity contribution is 5.71. The van der Waals surface area contributed by atoms with Crippen LogP contribution in [0.15, 0.2) is 53.6 Å². The van der Waals surface area contributed by atoms with E-state index >= 15 is 0 Å². The molecule has 2 fully saturated rings. The van der Waals surface area contributed by atoms with Crippen LogP contribution in [0.5, 0.6) is 0 Å². The molecule has 2 aromatic carbocycles. The molecule has 4 aromatic rings. The lowest BCUT2D eigenvalue weighted by Crippen LogP contribution is -2.44. The van der Waals surface area contributed by atoms with Crippen LogP contribution in [-0.2, 0) is 17.6 Å². The molecule has 0 bridgehead atoms. The van der Waals surface area contributed by atoms with Crippen molar-refractivity contribution in [1.82, 2.24) is 19.2 Å². The third-order valence-electron chi connectivity index (χ3n) is 9.28. The van der Waals surface area contributed by atoms with Crippen LogP contribution in [0.1, 0.15) is 94.1 Å². The molecule has 8 nitrogen and oxygen atoms in total. The molecular formula is C34H38FN5O3. The van der Waals surface area contributed by atoms with Crippen molar-refractivity contribution >= 4 is 5.78 Å². The Morgan fingerprint density at radius 3 is 2.58 bits per heavy atom. The van der Waals surface area contributed by atoms with Gasteiger partial charge in [-0.15, -0.1) is 0 Å². The number of nitrogens with zero attached hydrogens (tertiary/aromatic N) is 5. The van der Waals surface area contributed by atoms with Crippen molar-refractivity contribution in [3.63, 3.8) is 0 Å². The van der Waals surface area contributed by atoms with Crippen LogP contribution in [0.4, 0.5) is 4.39 Å². The summed E-state index contributed by atoms with van der Waals surface area (Å²) in [5.74, 6) is 0.00606. The Morgan fingerprint density at radius 1 is 1.16 bits per heavy atom. The van der Waals surface area contributed by atoms with Crippen LogP contribution >= 0.6 is 0 Å². The first kappa shape index (κ1) is 29.2. The van der Waals surface area contributed by atoms with Gasteiger partial charge in [-0.2, -0.15) is 15.3 Å². The minimum atomic E-state index is -0.874. The van der Waals surface area contributed by atoms with Gasteiger partial charge in [0.1, 0.15) is 18.2 Å². The highest BCUT2D eigenvalue weighted by atomic mass is 19.1. The minimum absolute atomic E-state index is 0.00690.